The minimum atomic E-state index is 0.0819. The molecule has 2 heterocycles. The van der Waals surface area contributed by atoms with Crippen LogP contribution in [0.3, 0.4) is 0 Å². The summed E-state index contributed by atoms with van der Waals surface area (Å²) in [6, 6.07) is 4.72. The first-order chi connectivity index (χ1) is 7.57. The van der Waals surface area contributed by atoms with Gasteiger partial charge in [-0.05, 0) is 45.1 Å². The van der Waals surface area contributed by atoms with E-state index < -0.39 is 0 Å². The van der Waals surface area contributed by atoms with Gasteiger partial charge in [-0.3, -0.25) is 0 Å². The third kappa shape index (κ3) is 3.06. The zero-order valence-electron chi connectivity index (χ0n) is 10.3. The molecule has 1 aromatic heterocycles. The van der Waals surface area contributed by atoms with Gasteiger partial charge in [-0.15, -0.1) is 11.3 Å². The lowest BCUT2D eigenvalue weighted by atomic mass is 10.1. The highest BCUT2D eigenvalue weighted by molar-refractivity contribution is 7.10. The normalized spacial score (nSPS) is 25.8. The predicted molar refractivity (Wildman–Crippen MR) is 68.9 cm³/mol. The van der Waals surface area contributed by atoms with Gasteiger partial charge in [0.25, 0.3) is 0 Å². The van der Waals surface area contributed by atoms with Crippen LogP contribution < -0.4 is 5.32 Å². The average molecular weight is 239 g/mol. The van der Waals surface area contributed by atoms with E-state index in [2.05, 4.69) is 43.6 Å². The number of hydrogen-bond acceptors (Lipinski definition) is 3. The molecule has 1 aliphatic heterocycles. The largest absolute Gasteiger partial charge is 0.371 e. The Morgan fingerprint density at radius 2 is 2.44 bits per heavy atom. The van der Waals surface area contributed by atoms with Crippen LogP contribution in [0.5, 0.6) is 0 Å². The fraction of sp³-hybridized carbons (Fsp3) is 0.692. The summed E-state index contributed by atoms with van der Waals surface area (Å²) in [6.45, 7) is 7.53. The number of ether oxygens (including phenoxy) is 1. The summed E-state index contributed by atoms with van der Waals surface area (Å²) in [7, 11) is 0. The summed E-state index contributed by atoms with van der Waals surface area (Å²) in [6.07, 6.45) is 2.74. The summed E-state index contributed by atoms with van der Waals surface area (Å²) in [5.74, 6) is 0. The molecule has 1 aromatic rings. The quantitative estimate of drug-likeness (QED) is 0.870. The standard InChI is InChI=1S/C13H21NOS/c1-10(12-5-4-8-16-12)14-9-11-6-7-13(2,3)15-11/h4-5,8,10-11,14H,6-7,9H2,1-3H3/t10-,11?/m1/s1. The number of nitrogens with one attached hydrogen (secondary N) is 1. The Bertz CT molecular complexity index is 321. The van der Waals surface area contributed by atoms with Gasteiger partial charge < -0.3 is 10.1 Å². The third-order valence-electron chi connectivity index (χ3n) is 3.18. The fourth-order valence-electron chi connectivity index (χ4n) is 2.17. The molecule has 0 aliphatic carbocycles. The molecule has 3 heteroatoms. The van der Waals surface area contributed by atoms with Gasteiger partial charge in [0, 0.05) is 17.5 Å². The number of thiophene rings is 1. The lowest BCUT2D eigenvalue weighted by molar-refractivity contribution is -0.0149. The van der Waals surface area contributed by atoms with Gasteiger partial charge in [0.05, 0.1) is 11.7 Å². The zero-order chi connectivity index (χ0) is 11.6. The Balaban J connectivity index is 1.76. The van der Waals surface area contributed by atoms with E-state index in [0.29, 0.717) is 12.1 Å². The van der Waals surface area contributed by atoms with Crippen molar-refractivity contribution in [3.8, 4) is 0 Å². The van der Waals surface area contributed by atoms with Gasteiger partial charge in [0.1, 0.15) is 0 Å². The van der Waals surface area contributed by atoms with E-state index in [0.717, 1.165) is 6.54 Å². The SMILES string of the molecule is C[C@@H](NCC1CCC(C)(C)O1)c1cccs1. The van der Waals surface area contributed by atoms with E-state index in [-0.39, 0.29) is 5.60 Å². The van der Waals surface area contributed by atoms with Crippen LogP contribution in [0.15, 0.2) is 17.5 Å². The molecule has 16 heavy (non-hydrogen) atoms. The maximum Gasteiger partial charge on any atom is 0.0708 e. The molecular weight excluding hydrogens is 218 g/mol. The van der Waals surface area contributed by atoms with Gasteiger partial charge >= 0.3 is 0 Å². The minimum absolute atomic E-state index is 0.0819. The highest BCUT2D eigenvalue weighted by Crippen LogP contribution is 2.29. The van der Waals surface area contributed by atoms with E-state index >= 15 is 0 Å². The molecule has 1 saturated heterocycles. The molecular formula is C13H21NOS. The average Bonchev–Trinajstić information content (AvgIpc) is 2.83. The van der Waals surface area contributed by atoms with Crippen molar-refractivity contribution in [2.24, 2.45) is 0 Å². The van der Waals surface area contributed by atoms with Crippen LogP contribution in [-0.2, 0) is 4.74 Å². The second kappa shape index (κ2) is 4.86. The van der Waals surface area contributed by atoms with Crippen molar-refractivity contribution in [1.82, 2.24) is 5.32 Å². The topological polar surface area (TPSA) is 21.3 Å². The van der Waals surface area contributed by atoms with Crippen LogP contribution >= 0.6 is 11.3 Å². The van der Waals surface area contributed by atoms with E-state index in [1.54, 1.807) is 0 Å². The molecule has 0 aromatic carbocycles. The van der Waals surface area contributed by atoms with Crippen molar-refractivity contribution in [3.63, 3.8) is 0 Å². The molecule has 1 unspecified atom stereocenters. The van der Waals surface area contributed by atoms with Crippen molar-refractivity contribution in [2.45, 2.75) is 51.4 Å². The minimum Gasteiger partial charge on any atom is -0.371 e. The first-order valence-electron chi connectivity index (χ1n) is 6.01. The van der Waals surface area contributed by atoms with Crippen LogP contribution in [0.2, 0.25) is 0 Å². The Hall–Kier alpha value is -0.380. The monoisotopic (exact) mass is 239 g/mol. The molecule has 0 radical (unpaired) electrons. The van der Waals surface area contributed by atoms with Crippen molar-refractivity contribution in [1.29, 1.82) is 0 Å². The number of hydrogen-bond donors (Lipinski definition) is 1. The lowest BCUT2D eigenvalue weighted by Gasteiger charge is -2.21. The molecule has 2 atom stereocenters. The van der Waals surface area contributed by atoms with Crippen molar-refractivity contribution < 1.29 is 4.74 Å². The van der Waals surface area contributed by atoms with E-state index in [1.807, 2.05) is 11.3 Å². The first-order valence-corrected chi connectivity index (χ1v) is 6.89. The Morgan fingerprint density at radius 1 is 1.62 bits per heavy atom. The van der Waals surface area contributed by atoms with Crippen LogP contribution in [0.4, 0.5) is 0 Å². The van der Waals surface area contributed by atoms with Crippen molar-refractivity contribution in [3.05, 3.63) is 22.4 Å². The highest BCUT2D eigenvalue weighted by Gasteiger charge is 2.31. The van der Waals surface area contributed by atoms with Gasteiger partial charge in [0.2, 0.25) is 0 Å². The lowest BCUT2D eigenvalue weighted by Crippen LogP contribution is -2.30. The molecule has 0 amide bonds. The zero-order valence-corrected chi connectivity index (χ0v) is 11.1. The van der Waals surface area contributed by atoms with Gasteiger partial charge in [-0.1, -0.05) is 6.07 Å². The second-order valence-electron chi connectivity index (χ2n) is 5.18. The fourth-order valence-corrected chi connectivity index (χ4v) is 2.93. The van der Waals surface area contributed by atoms with Crippen LogP contribution in [0.1, 0.15) is 44.5 Å². The molecule has 2 nitrogen and oxygen atoms in total. The van der Waals surface area contributed by atoms with E-state index in [1.165, 1.54) is 17.7 Å². The maximum atomic E-state index is 5.96. The Morgan fingerprint density at radius 3 is 3.00 bits per heavy atom. The summed E-state index contributed by atoms with van der Waals surface area (Å²) < 4.78 is 5.96. The molecule has 0 spiro atoms. The van der Waals surface area contributed by atoms with Crippen LogP contribution in [0.25, 0.3) is 0 Å². The third-order valence-corrected chi connectivity index (χ3v) is 4.23. The summed E-state index contributed by atoms with van der Waals surface area (Å²) >= 11 is 1.81. The van der Waals surface area contributed by atoms with Crippen LogP contribution in [0, 0.1) is 0 Å². The molecule has 1 fully saturated rings. The molecule has 2 rings (SSSR count). The van der Waals surface area contributed by atoms with Gasteiger partial charge in [-0.25, -0.2) is 0 Å². The molecule has 0 saturated carbocycles. The van der Waals surface area contributed by atoms with Gasteiger partial charge in [0.15, 0.2) is 0 Å². The van der Waals surface area contributed by atoms with Crippen molar-refractivity contribution >= 4 is 11.3 Å². The van der Waals surface area contributed by atoms with Crippen molar-refractivity contribution in [2.75, 3.05) is 6.54 Å². The van der Waals surface area contributed by atoms with Crippen LogP contribution in [-0.4, -0.2) is 18.2 Å². The summed E-state index contributed by atoms with van der Waals surface area (Å²) in [5.41, 5.74) is 0.0819. The predicted octanol–water partition coefficient (Wildman–Crippen LogP) is 3.36. The second-order valence-corrected chi connectivity index (χ2v) is 6.16. The molecule has 90 valence electrons. The molecule has 1 aliphatic rings. The summed E-state index contributed by atoms with van der Waals surface area (Å²) in [5, 5.41) is 5.68. The smallest absolute Gasteiger partial charge is 0.0708 e. The molecule has 0 bridgehead atoms. The Kier molecular flexibility index (Phi) is 3.67. The van der Waals surface area contributed by atoms with Gasteiger partial charge in [-0.2, -0.15) is 0 Å². The molecule has 1 N–H and O–H groups in total. The Labute approximate surface area is 102 Å². The maximum absolute atomic E-state index is 5.96. The van der Waals surface area contributed by atoms with E-state index in [9.17, 15) is 0 Å². The van der Waals surface area contributed by atoms with E-state index in [4.69, 9.17) is 4.74 Å². The number of rotatable bonds is 4. The highest BCUT2D eigenvalue weighted by atomic mass is 32.1. The first kappa shape index (κ1) is 12.1. The summed E-state index contributed by atoms with van der Waals surface area (Å²) in [4.78, 5) is 1.40.